The molecule has 166 valence electrons. The SMILES string of the molecule is CCCNC(=O)N1CC[NH+](CCN2C(=O)CS[C@@H]2c2ccc(C(C)(C)C)cc2)CC1. The maximum Gasteiger partial charge on any atom is 0.317 e. The monoisotopic (exact) mass is 433 g/mol. The van der Waals surface area contributed by atoms with Gasteiger partial charge < -0.3 is 20.0 Å². The van der Waals surface area contributed by atoms with Crippen LogP contribution in [0.3, 0.4) is 0 Å². The Morgan fingerprint density at radius 2 is 1.87 bits per heavy atom. The second-order valence-electron chi connectivity index (χ2n) is 9.34. The topological polar surface area (TPSA) is 57.1 Å². The van der Waals surface area contributed by atoms with Crippen LogP contribution in [0.2, 0.25) is 0 Å². The third kappa shape index (κ3) is 5.70. The molecule has 1 aromatic rings. The summed E-state index contributed by atoms with van der Waals surface area (Å²) in [6, 6.07) is 8.82. The molecular formula is C23H37N4O2S+. The predicted molar refractivity (Wildman–Crippen MR) is 123 cm³/mol. The standard InChI is InChI=1S/C23H36N4O2S/c1-5-10-24-22(29)26-14-11-25(12-15-26)13-16-27-20(28)17-30-21(27)18-6-8-19(9-7-18)23(2,3)4/h6-9,21H,5,10-17H2,1-4H3,(H,24,29)/p+1/t21-/m1/s1. The third-order valence-electron chi connectivity index (χ3n) is 6.02. The van der Waals surface area contributed by atoms with E-state index in [1.165, 1.54) is 16.0 Å². The molecule has 6 nitrogen and oxygen atoms in total. The van der Waals surface area contributed by atoms with Gasteiger partial charge >= 0.3 is 6.03 Å². The summed E-state index contributed by atoms with van der Waals surface area (Å²) in [5, 5.41) is 3.08. The molecule has 1 aromatic carbocycles. The van der Waals surface area contributed by atoms with Crippen LogP contribution in [-0.2, 0) is 10.2 Å². The van der Waals surface area contributed by atoms with Crippen molar-refractivity contribution >= 4 is 23.7 Å². The van der Waals surface area contributed by atoms with Crippen molar-refractivity contribution in [3.8, 4) is 0 Å². The fourth-order valence-electron chi connectivity index (χ4n) is 4.02. The summed E-state index contributed by atoms with van der Waals surface area (Å²) in [6.45, 7) is 14.6. The molecule has 2 aliphatic heterocycles. The fraction of sp³-hybridized carbons (Fsp3) is 0.652. The Kier molecular flexibility index (Phi) is 7.69. The molecule has 2 fully saturated rings. The lowest BCUT2D eigenvalue weighted by atomic mass is 9.87. The maximum atomic E-state index is 12.5. The summed E-state index contributed by atoms with van der Waals surface area (Å²) in [5.41, 5.74) is 2.67. The minimum atomic E-state index is 0.0563. The predicted octanol–water partition coefficient (Wildman–Crippen LogP) is 1.88. The Morgan fingerprint density at radius 3 is 2.47 bits per heavy atom. The highest BCUT2D eigenvalue weighted by atomic mass is 32.2. The number of hydrogen-bond donors (Lipinski definition) is 2. The quantitative estimate of drug-likeness (QED) is 0.720. The number of nitrogens with one attached hydrogen (secondary N) is 2. The van der Waals surface area contributed by atoms with E-state index in [0.717, 1.165) is 52.2 Å². The van der Waals surface area contributed by atoms with Gasteiger partial charge in [0.25, 0.3) is 0 Å². The number of nitrogens with zero attached hydrogens (tertiary/aromatic N) is 2. The van der Waals surface area contributed by atoms with Crippen molar-refractivity contribution < 1.29 is 14.5 Å². The number of benzene rings is 1. The molecular weight excluding hydrogens is 396 g/mol. The number of thioether (sulfide) groups is 1. The van der Waals surface area contributed by atoms with Gasteiger partial charge in [-0.3, -0.25) is 4.79 Å². The Hall–Kier alpha value is -1.73. The molecule has 0 bridgehead atoms. The van der Waals surface area contributed by atoms with Crippen molar-refractivity contribution in [3.63, 3.8) is 0 Å². The average molecular weight is 434 g/mol. The maximum absolute atomic E-state index is 12.5. The summed E-state index contributed by atoms with van der Waals surface area (Å²) in [6.07, 6.45) is 0.957. The van der Waals surface area contributed by atoms with Crippen molar-refractivity contribution in [2.24, 2.45) is 0 Å². The van der Waals surface area contributed by atoms with Crippen LogP contribution < -0.4 is 10.2 Å². The first-order valence-electron chi connectivity index (χ1n) is 11.2. The Morgan fingerprint density at radius 1 is 1.20 bits per heavy atom. The number of carbonyl (C=O) groups is 2. The van der Waals surface area contributed by atoms with Crippen LogP contribution in [0.5, 0.6) is 0 Å². The highest BCUT2D eigenvalue weighted by molar-refractivity contribution is 8.00. The van der Waals surface area contributed by atoms with Gasteiger partial charge in [0.05, 0.1) is 45.0 Å². The van der Waals surface area contributed by atoms with Crippen LogP contribution in [0.4, 0.5) is 4.79 Å². The summed E-state index contributed by atoms with van der Waals surface area (Å²) in [7, 11) is 0. The molecule has 2 heterocycles. The molecule has 0 aromatic heterocycles. The number of quaternary nitrogens is 1. The summed E-state index contributed by atoms with van der Waals surface area (Å²) in [5.74, 6) is 0.800. The van der Waals surface area contributed by atoms with Crippen LogP contribution >= 0.6 is 11.8 Å². The number of urea groups is 1. The van der Waals surface area contributed by atoms with Crippen LogP contribution in [0.15, 0.2) is 24.3 Å². The van der Waals surface area contributed by atoms with Gasteiger partial charge in [0, 0.05) is 6.54 Å². The van der Waals surface area contributed by atoms with E-state index in [1.54, 1.807) is 11.8 Å². The van der Waals surface area contributed by atoms with Gasteiger partial charge in [-0.1, -0.05) is 52.0 Å². The molecule has 1 atom stereocenters. The Balaban J connectivity index is 1.52. The molecule has 2 aliphatic rings. The molecule has 30 heavy (non-hydrogen) atoms. The van der Waals surface area contributed by atoms with Crippen molar-refractivity contribution in [2.45, 2.75) is 44.9 Å². The molecule has 2 saturated heterocycles. The third-order valence-corrected chi connectivity index (χ3v) is 7.28. The molecule has 0 aliphatic carbocycles. The van der Waals surface area contributed by atoms with E-state index in [2.05, 4.69) is 57.3 Å². The van der Waals surface area contributed by atoms with E-state index >= 15 is 0 Å². The zero-order valence-electron chi connectivity index (χ0n) is 18.9. The van der Waals surface area contributed by atoms with Crippen LogP contribution in [-0.4, -0.2) is 73.3 Å². The molecule has 0 saturated carbocycles. The second-order valence-corrected chi connectivity index (χ2v) is 10.4. The van der Waals surface area contributed by atoms with E-state index in [0.29, 0.717) is 5.75 Å². The van der Waals surface area contributed by atoms with Gasteiger partial charge in [0.1, 0.15) is 5.37 Å². The average Bonchev–Trinajstić information content (AvgIpc) is 3.10. The van der Waals surface area contributed by atoms with Crippen LogP contribution in [0.1, 0.15) is 50.6 Å². The van der Waals surface area contributed by atoms with Crippen molar-refractivity contribution in [1.82, 2.24) is 15.1 Å². The van der Waals surface area contributed by atoms with Gasteiger partial charge in [-0.15, -0.1) is 11.8 Å². The summed E-state index contributed by atoms with van der Waals surface area (Å²) >= 11 is 1.73. The lowest BCUT2D eigenvalue weighted by Gasteiger charge is -2.33. The van der Waals surface area contributed by atoms with Gasteiger partial charge in [0.2, 0.25) is 5.91 Å². The number of piperazine rings is 1. The first-order chi connectivity index (χ1) is 14.3. The van der Waals surface area contributed by atoms with E-state index in [1.807, 2.05) is 9.80 Å². The van der Waals surface area contributed by atoms with Gasteiger partial charge in [-0.25, -0.2) is 4.79 Å². The molecule has 0 spiro atoms. The first-order valence-corrected chi connectivity index (χ1v) is 12.2. The van der Waals surface area contributed by atoms with Gasteiger partial charge in [-0.2, -0.15) is 0 Å². The fourth-order valence-corrected chi connectivity index (χ4v) is 5.24. The molecule has 2 N–H and O–H groups in total. The molecule has 3 amide bonds. The second kappa shape index (κ2) is 10.1. The number of hydrogen-bond acceptors (Lipinski definition) is 3. The smallest absolute Gasteiger partial charge is 0.317 e. The highest BCUT2D eigenvalue weighted by Gasteiger charge is 2.34. The normalized spacial score (nSPS) is 20.7. The lowest BCUT2D eigenvalue weighted by Crippen LogP contribution is -3.15. The lowest BCUT2D eigenvalue weighted by molar-refractivity contribution is -0.903. The van der Waals surface area contributed by atoms with E-state index < -0.39 is 0 Å². The largest absolute Gasteiger partial charge is 0.338 e. The Bertz CT molecular complexity index is 724. The van der Waals surface area contributed by atoms with Crippen LogP contribution in [0.25, 0.3) is 0 Å². The molecule has 7 heteroatoms. The van der Waals surface area contributed by atoms with E-state index in [4.69, 9.17) is 0 Å². The summed E-state index contributed by atoms with van der Waals surface area (Å²) < 4.78 is 0. The minimum Gasteiger partial charge on any atom is -0.338 e. The molecule has 0 unspecified atom stereocenters. The Labute approximate surface area is 185 Å². The van der Waals surface area contributed by atoms with E-state index in [-0.39, 0.29) is 22.7 Å². The van der Waals surface area contributed by atoms with Gasteiger partial charge in [0.15, 0.2) is 0 Å². The zero-order chi connectivity index (χ0) is 21.7. The number of rotatable bonds is 6. The number of carbonyl (C=O) groups excluding carboxylic acids is 2. The first kappa shape index (κ1) is 22.9. The minimum absolute atomic E-state index is 0.0563. The van der Waals surface area contributed by atoms with Crippen molar-refractivity contribution in [3.05, 3.63) is 35.4 Å². The number of amides is 3. The zero-order valence-corrected chi connectivity index (χ0v) is 19.7. The summed E-state index contributed by atoms with van der Waals surface area (Å²) in [4.78, 5) is 30.1. The molecule has 3 rings (SSSR count). The van der Waals surface area contributed by atoms with Gasteiger partial charge in [-0.05, 0) is 23.0 Å². The van der Waals surface area contributed by atoms with Crippen LogP contribution in [0, 0.1) is 0 Å². The van der Waals surface area contributed by atoms with Crippen molar-refractivity contribution in [2.75, 3.05) is 51.6 Å². The van der Waals surface area contributed by atoms with E-state index in [9.17, 15) is 9.59 Å². The molecule has 0 radical (unpaired) electrons. The highest BCUT2D eigenvalue weighted by Crippen LogP contribution is 2.38. The van der Waals surface area contributed by atoms with Crippen molar-refractivity contribution in [1.29, 1.82) is 0 Å².